The third-order valence-corrected chi connectivity index (χ3v) is 9.20. The van der Waals surface area contributed by atoms with Crippen LogP contribution in [0.3, 0.4) is 0 Å². The fraction of sp³-hybridized carbons (Fsp3) is 0.800. The summed E-state index contributed by atoms with van der Waals surface area (Å²) in [5.41, 5.74) is -2.36. The first kappa shape index (κ1) is 26.0. The Morgan fingerprint density at radius 1 is 1.13 bits per heavy atom. The molecular weight excluding hydrogens is 427 g/mol. The summed E-state index contributed by atoms with van der Waals surface area (Å²) in [6.45, 7) is 6.81. The lowest BCUT2D eigenvalue weighted by Crippen LogP contribution is -2.40. The number of hydrogen-bond acceptors (Lipinski definition) is 7. The van der Waals surface area contributed by atoms with Crippen molar-refractivity contribution in [2.45, 2.75) is 95.4 Å². The van der Waals surface area contributed by atoms with Gasteiger partial charge in [-0.1, -0.05) is 27.7 Å². The number of nitrogens with zero attached hydrogens (tertiary/aromatic N) is 1. The molecule has 1 aromatic rings. The first-order valence-electron chi connectivity index (χ1n) is 10.8. The highest BCUT2D eigenvalue weighted by Crippen LogP contribution is 2.61. The highest BCUT2D eigenvalue weighted by atomic mass is 31.2. The third kappa shape index (κ3) is 5.05. The smallest absolute Gasteiger partial charge is 0.359 e. The number of aliphatic hydroxyl groups is 3. The molecule has 0 spiro atoms. The summed E-state index contributed by atoms with van der Waals surface area (Å²) in [5.74, 6) is -0.532. The van der Waals surface area contributed by atoms with Gasteiger partial charge in [-0.15, -0.1) is 0 Å². The van der Waals surface area contributed by atoms with Gasteiger partial charge in [-0.25, -0.2) is 4.79 Å². The molecule has 0 radical (unpaired) electrons. The Hall–Kier alpha value is -1.29. The quantitative estimate of drug-likeness (QED) is 0.327. The van der Waals surface area contributed by atoms with Crippen molar-refractivity contribution in [1.29, 1.82) is 0 Å². The van der Waals surface area contributed by atoms with E-state index in [9.17, 15) is 34.4 Å². The molecule has 5 atom stereocenters. The van der Waals surface area contributed by atoms with Gasteiger partial charge in [0, 0.05) is 12.3 Å². The van der Waals surface area contributed by atoms with Gasteiger partial charge in [0.1, 0.15) is 6.10 Å². The molecule has 1 saturated carbocycles. The highest BCUT2D eigenvalue weighted by Gasteiger charge is 2.52. The number of hydrogen-bond donors (Lipinski definition) is 5. The SMILES string of the molecule is CCC(CC)(CC1C[C@@H](n2ccc(=O)[nH]c2=O)[C@H](O)[C@@H]1O)OP(=O)(O)C(O)(CC)CC. The standard InChI is InChI=1S/C20H35N2O8P/c1-5-19(6-2,30-31(28,29)20(27,7-3)8-4)12-13-11-14(17(25)16(13)24)22-10-9-15(23)21-18(22)26/h9-10,13-14,16-17,24-25,27H,5-8,11-12H2,1-4H3,(H,28,29)(H,21,23,26)/t13?,14-,16-,17+/m1/s1. The maximum Gasteiger partial charge on any atom is 0.359 e. The molecule has 1 aliphatic carbocycles. The second-order valence-electron chi connectivity index (χ2n) is 8.46. The zero-order chi connectivity index (χ0) is 23.6. The maximum absolute atomic E-state index is 13.0. The summed E-state index contributed by atoms with van der Waals surface area (Å²) in [4.78, 5) is 36.2. The number of nitrogens with one attached hydrogen (secondary N) is 1. The predicted molar refractivity (Wildman–Crippen MR) is 115 cm³/mol. The van der Waals surface area contributed by atoms with Crippen molar-refractivity contribution in [3.63, 3.8) is 0 Å². The molecule has 10 nitrogen and oxygen atoms in total. The molecule has 2 rings (SSSR count). The van der Waals surface area contributed by atoms with Crippen molar-refractivity contribution in [3.05, 3.63) is 33.1 Å². The van der Waals surface area contributed by atoms with Gasteiger partial charge < -0.3 is 24.7 Å². The van der Waals surface area contributed by atoms with Gasteiger partial charge in [0.15, 0.2) is 5.34 Å². The Bertz CT molecular complexity index is 905. The van der Waals surface area contributed by atoms with E-state index in [-0.39, 0.29) is 25.7 Å². The van der Waals surface area contributed by atoms with Crippen molar-refractivity contribution >= 4 is 7.60 Å². The number of H-pyrrole nitrogens is 1. The summed E-state index contributed by atoms with van der Waals surface area (Å²) >= 11 is 0. The molecular formula is C20H35N2O8P. The molecule has 0 aliphatic heterocycles. The first-order chi connectivity index (χ1) is 14.4. The minimum atomic E-state index is -4.43. The van der Waals surface area contributed by atoms with Crippen LogP contribution in [0.25, 0.3) is 0 Å². The summed E-state index contributed by atoms with van der Waals surface area (Å²) in [6.07, 6.45) is -0.0329. The molecule has 178 valence electrons. The van der Waals surface area contributed by atoms with E-state index >= 15 is 0 Å². The predicted octanol–water partition coefficient (Wildman–Crippen LogP) is 1.48. The van der Waals surface area contributed by atoms with Crippen LogP contribution in [0.2, 0.25) is 0 Å². The van der Waals surface area contributed by atoms with E-state index in [2.05, 4.69) is 4.98 Å². The van der Waals surface area contributed by atoms with Crippen molar-refractivity contribution in [2.24, 2.45) is 5.92 Å². The zero-order valence-corrected chi connectivity index (χ0v) is 19.4. The lowest BCUT2D eigenvalue weighted by molar-refractivity contribution is -0.0370. The van der Waals surface area contributed by atoms with E-state index in [1.54, 1.807) is 27.7 Å². The number of rotatable bonds is 10. The summed E-state index contributed by atoms with van der Waals surface area (Å²) in [6, 6.07) is 0.400. The van der Waals surface area contributed by atoms with E-state index in [0.29, 0.717) is 12.8 Å². The van der Waals surface area contributed by atoms with Crippen molar-refractivity contribution in [3.8, 4) is 0 Å². The van der Waals surface area contributed by atoms with Crippen LogP contribution < -0.4 is 11.2 Å². The van der Waals surface area contributed by atoms with Gasteiger partial charge in [-0.2, -0.15) is 0 Å². The van der Waals surface area contributed by atoms with Crippen molar-refractivity contribution < 1.29 is 29.3 Å². The Morgan fingerprint density at radius 3 is 2.19 bits per heavy atom. The van der Waals surface area contributed by atoms with Crippen LogP contribution in [0.5, 0.6) is 0 Å². The number of aromatic nitrogens is 2. The van der Waals surface area contributed by atoms with Crippen LogP contribution >= 0.6 is 7.60 Å². The Balaban J connectivity index is 2.31. The molecule has 0 saturated heterocycles. The topological polar surface area (TPSA) is 162 Å². The first-order valence-corrected chi connectivity index (χ1v) is 12.4. The molecule has 1 aromatic heterocycles. The van der Waals surface area contributed by atoms with E-state index in [1.165, 1.54) is 10.8 Å². The van der Waals surface area contributed by atoms with E-state index < -0.39 is 54.0 Å². The van der Waals surface area contributed by atoms with Gasteiger partial charge in [-0.05, 0) is 44.4 Å². The van der Waals surface area contributed by atoms with Crippen LogP contribution in [-0.2, 0) is 9.09 Å². The van der Waals surface area contributed by atoms with Crippen molar-refractivity contribution in [2.75, 3.05) is 0 Å². The van der Waals surface area contributed by atoms with E-state index in [1.807, 2.05) is 0 Å². The largest absolute Gasteiger partial charge is 0.390 e. The lowest BCUT2D eigenvalue weighted by Gasteiger charge is -2.40. The van der Waals surface area contributed by atoms with Crippen LogP contribution in [0.4, 0.5) is 0 Å². The molecule has 31 heavy (non-hydrogen) atoms. The molecule has 0 aromatic carbocycles. The molecule has 0 amide bonds. The third-order valence-electron chi connectivity index (χ3n) is 6.88. The van der Waals surface area contributed by atoms with Crippen molar-refractivity contribution in [1.82, 2.24) is 9.55 Å². The van der Waals surface area contributed by atoms with Gasteiger partial charge in [0.25, 0.3) is 5.56 Å². The second kappa shape index (κ2) is 9.68. The molecule has 11 heteroatoms. The van der Waals surface area contributed by atoms with E-state index in [0.717, 1.165) is 6.07 Å². The second-order valence-corrected chi connectivity index (χ2v) is 10.5. The Morgan fingerprint density at radius 2 is 1.71 bits per heavy atom. The highest BCUT2D eigenvalue weighted by molar-refractivity contribution is 7.54. The lowest BCUT2D eigenvalue weighted by atomic mass is 9.84. The van der Waals surface area contributed by atoms with Crippen LogP contribution in [0, 0.1) is 5.92 Å². The van der Waals surface area contributed by atoms with Crippen LogP contribution in [0.15, 0.2) is 21.9 Å². The molecule has 0 bridgehead atoms. The normalized spacial score (nSPS) is 26.7. The van der Waals surface area contributed by atoms with Crippen LogP contribution in [-0.4, -0.2) is 52.9 Å². The fourth-order valence-corrected chi connectivity index (χ4v) is 6.27. The van der Waals surface area contributed by atoms with E-state index in [4.69, 9.17) is 4.52 Å². The van der Waals surface area contributed by atoms with Gasteiger partial charge >= 0.3 is 13.3 Å². The maximum atomic E-state index is 13.0. The monoisotopic (exact) mass is 462 g/mol. The minimum Gasteiger partial charge on any atom is -0.390 e. The minimum absolute atomic E-state index is 0.0444. The average Bonchev–Trinajstić information content (AvgIpc) is 3.00. The van der Waals surface area contributed by atoms with Crippen LogP contribution in [0.1, 0.15) is 72.3 Å². The zero-order valence-electron chi connectivity index (χ0n) is 18.5. The summed E-state index contributed by atoms with van der Waals surface area (Å²) in [5, 5.41) is 30.0. The molecule has 5 N–H and O–H groups in total. The Kier molecular flexibility index (Phi) is 8.11. The Labute approximate surface area is 181 Å². The van der Waals surface area contributed by atoms with Gasteiger partial charge in [0.2, 0.25) is 0 Å². The molecule has 1 fully saturated rings. The fourth-order valence-electron chi connectivity index (χ4n) is 4.45. The molecule has 2 unspecified atom stereocenters. The molecule has 1 aliphatic rings. The van der Waals surface area contributed by atoms with Gasteiger partial charge in [-0.3, -0.25) is 18.9 Å². The average molecular weight is 462 g/mol. The van der Waals surface area contributed by atoms with Gasteiger partial charge in [0.05, 0.1) is 17.7 Å². The number of aliphatic hydroxyl groups excluding tert-OH is 2. The molecule has 1 heterocycles. The summed E-state index contributed by atoms with van der Waals surface area (Å²) < 4.78 is 19.9. The number of aromatic amines is 1. The summed E-state index contributed by atoms with van der Waals surface area (Å²) in [7, 11) is -4.43.